The fourth-order valence-corrected chi connectivity index (χ4v) is 2.21. The molecule has 0 amide bonds. The van der Waals surface area contributed by atoms with Gasteiger partial charge >= 0.3 is 0 Å². The summed E-state index contributed by atoms with van der Waals surface area (Å²) in [5, 5.41) is 1.21. The third-order valence-electron chi connectivity index (χ3n) is 2.09. The van der Waals surface area contributed by atoms with E-state index in [-0.39, 0.29) is 17.5 Å². The first-order chi connectivity index (χ1) is 6.35. The van der Waals surface area contributed by atoms with Crippen molar-refractivity contribution < 1.29 is 17.9 Å². The Morgan fingerprint density at radius 1 is 1.50 bits per heavy atom. The summed E-state index contributed by atoms with van der Waals surface area (Å²) in [6.07, 6.45) is 1.25. The first-order valence-corrected chi connectivity index (χ1v) is 6.14. The van der Waals surface area contributed by atoms with Crippen molar-refractivity contribution in [3.05, 3.63) is 11.5 Å². The van der Waals surface area contributed by atoms with Gasteiger partial charge in [-0.1, -0.05) is 0 Å². The predicted molar refractivity (Wildman–Crippen MR) is 53.8 cm³/mol. The van der Waals surface area contributed by atoms with Crippen LogP contribution in [0.1, 0.15) is 13.8 Å². The number of ether oxygens (including phenoxy) is 2. The molecule has 0 bridgehead atoms. The molecule has 4 nitrogen and oxygen atoms in total. The molecule has 1 heterocycles. The molecule has 14 heavy (non-hydrogen) atoms. The molecule has 0 fully saturated rings. The molecule has 0 aromatic carbocycles. The molecule has 0 aromatic heterocycles. The molecule has 1 unspecified atom stereocenters. The Balaban J connectivity index is 2.39. The maximum atomic E-state index is 11.0. The molecule has 5 heteroatoms. The van der Waals surface area contributed by atoms with Gasteiger partial charge in [-0.3, -0.25) is 0 Å². The van der Waals surface area contributed by atoms with E-state index in [1.165, 1.54) is 5.41 Å². The third kappa shape index (κ3) is 3.40. The highest BCUT2D eigenvalue weighted by Crippen LogP contribution is 2.15. The van der Waals surface area contributed by atoms with Crippen LogP contribution in [0.5, 0.6) is 0 Å². The summed E-state index contributed by atoms with van der Waals surface area (Å²) in [6.45, 7) is 4.16. The zero-order valence-electron chi connectivity index (χ0n) is 8.69. The topological polar surface area (TPSA) is 52.6 Å². The van der Waals surface area contributed by atoms with Crippen molar-refractivity contribution in [1.29, 1.82) is 0 Å². The van der Waals surface area contributed by atoms with Crippen LogP contribution in [0.3, 0.4) is 0 Å². The average Bonchev–Trinajstić information content (AvgIpc) is 2.43. The molecule has 1 aliphatic heterocycles. The van der Waals surface area contributed by atoms with E-state index in [1.807, 2.05) is 13.8 Å². The van der Waals surface area contributed by atoms with Gasteiger partial charge < -0.3 is 9.47 Å². The van der Waals surface area contributed by atoms with E-state index >= 15 is 0 Å². The van der Waals surface area contributed by atoms with Crippen LogP contribution in [0.2, 0.25) is 0 Å². The Hall–Kier alpha value is -0.390. The van der Waals surface area contributed by atoms with E-state index in [2.05, 4.69) is 0 Å². The van der Waals surface area contributed by atoms with Crippen LogP contribution in [0.15, 0.2) is 11.5 Å². The Morgan fingerprint density at radius 3 is 2.57 bits per heavy atom. The number of rotatable bonds is 4. The van der Waals surface area contributed by atoms with Gasteiger partial charge in [0.1, 0.15) is 0 Å². The molecule has 1 rings (SSSR count). The molecule has 0 aromatic rings. The lowest BCUT2D eigenvalue weighted by Gasteiger charge is -2.24. The fraction of sp³-hybridized carbons (Fsp3) is 0.778. The van der Waals surface area contributed by atoms with Gasteiger partial charge in [0, 0.05) is 12.5 Å². The summed E-state index contributed by atoms with van der Waals surface area (Å²) in [4.78, 5) is 0. The molecule has 0 N–H and O–H groups in total. The van der Waals surface area contributed by atoms with Crippen LogP contribution < -0.4 is 0 Å². The average molecular weight is 220 g/mol. The number of hydrogen-bond acceptors (Lipinski definition) is 4. The van der Waals surface area contributed by atoms with Gasteiger partial charge in [0.25, 0.3) is 0 Å². The minimum absolute atomic E-state index is 0.0484. The van der Waals surface area contributed by atoms with Gasteiger partial charge in [0.15, 0.2) is 9.84 Å². The summed E-state index contributed by atoms with van der Waals surface area (Å²) in [5.74, 6) is 0.0484. The van der Waals surface area contributed by atoms with Crippen molar-refractivity contribution in [2.24, 2.45) is 0 Å². The van der Waals surface area contributed by atoms with E-state index in [4.69, 9.17) is 9.47 Å². The van der Waals surface area contributed by atoms with Gasteiger partial charge in [-0.15, -0.1) is 0 Å². The molecule has 1 atom stereocenters. The highest BCUT2D eigenvalue weighted by molar-refractivity contribution is 7.94. The van der Waals surface area contributed by atoms with E-state index in [0.29, 0.717) is 6.61 Å². The van der Waals surface area contributed by atoms with Crippen LogP contribution in [-0.2, 0) is 19.3 Å². The van der Waals surface area contributed by atoms with Gasteiger partial charge in [-0.2, -0.15) is 0 Å². The number of methoxy groups -OCH3 is 1. The molecule has 1 aliphatic rings. The standard InChI is InChI=1S/C9H16O4S/c1-9(2,12-3)7-13-8-4-5-14(10,11)6-8/h4-5,8H,6-7H2,1-3H3. The molecule has 82 valence electrons. The van der Waals surface area contributed by atoms with E-state index in [0.717, 1.165) is 0 Å². The van der Waals surface area contributed by atoms with Gasteiger partial charge in [0.05, 0.1) is 24.1 Å². The molecule has 0 saturated heterocycles. The zero-order valence-corrected chi connectivity index (χ0v) is 9.50. The quantitative estimate of drug-likeness (QED) is 0.701. The highest BCUT2D eigenvalue weighted by Gasteiger charge is 2.25. The Morgan fingerprint density at radius 2 is 2.14 bits per heavy atom. The summed E-state index contributed by atoms with van der Waals surface area (Å²) >= 11 is 0. The van der Waals surface area contributed by atoms with E-state index < -0.39 is 9.84 Å². The zero-order chi connectivity index (χ0) is 10.8. The maximum Gasteiger partial charge on any atom is 0.174 e. The summed E-state index contributed by atoms with van der Waals surface area (Å²) in [7, 11) is -1.41. The molecule has 0 radical (unpaired) electrons. The molecule has 0 saturated carbocycles. The summed E-state index contributed by atoms with van der Waals surface area (Å²) in [6, 6.07) is 0. The second kappa shape index (κ2) is 4.00. The monoisotopic (exact) mass is 220 g/mol. The lowest BCUT2D eigenvalue weighted by Crippen LogP contribution is -2.32. The molecular weight excluding hydrogens is 204 g/mol. The first-order valence-electron chi connectivity index (χ1n) is 4.42. The predicted octanol–water partition coefficient (Wildman–Crippen LogP) is 0.739. The van der Waals surface area contributed by atoms with Crippen molar-refractivity contribution in [2.75, 3.05) is 19.5 Å². The smallest absolute Gasteiger partial charge is 0.174 e. The Labute approximate surface area is 84.8 Å². The van der Waals surface area contributed by atoms with Crippen LogP contribution >= 0.6 is 0 Å². The second-order valence-electron chi connectivity index (χ2n) is 3.97. The molecular formula is C9H16O4S. The van der Waals surface area contributed by atoms with Crippen LogP contribution in [0, 0.1) is 0 Å². The van der Waals surface area contributed by atoms with Crippen LogP contribution in [0.25, 0.3) is 0 Å². The maximum absolute atomic E-state index is 11.0. The minimum Gasteiger partial charge on any atom is -0.376 e. The Kier molecular flexibility index (Phi) is 3.34. The van der Waals surface area contributed by atoms with Crippen molar-refractivity contribution in [3.63, 3.8) is 0 Å². The van der Waals surface area contributed by atoms with Gasteiger partial charge in [0.2, 0.25) is 0 Å². The number of sulfone groups is 1. The third-order valence-corrected chi connectivity index (χ3v) is 3.46. The fourth-order valence-electron chi connectivity index (χ4n) is 1.02. The van der Waals surface area contributed by atoms with Gasteiger partial charge in [-0.05, 0) is 19.9 Å². The van der Waals surface area contributed by atoms with Crippen molar-refractivity contribution >= 4 is 9.84 Å². The van der Waals surface area contributed by atoms with Gasteiger partial charge in [-0.25, -0.2) is 8.42 Å². The first kappa shape index (κ1) is 11.7. The van der Waals surface area contributed by atoms with Crippen molar-refractivity contribution in [3.8, 4) is 0 Å². The largest absolute Gasteiger partial charge is 0.376 e. The van der Waals surface area contributed by atoms with Crippen LogP contribution in [0.4, 0.5) is 0 Å². The Bertz CT molecular complexity index is 316. The number of hydrogen-bond donors (Lipinski definition) is 0. The lowest BCUT2D eigenvalue weighted by atomic mass is 10.1. The van der Waals surface area contributed by atoms with E-state index in [9.17, 15) is 8.42 Å². The lowest BCUT2D eigenvalue weighted by molar-refractivity contribution is -0.0604. The SMILES string of the molecule is COC(C)(C)COC1C=CS(=O)(=O)C1. The second-order valence-corrected chi connectivity index (χ2v) is 5.90. The highest BCUT2D eigenvalue weighted by atomic mass is 32.2. The summed E-state index contributed by atoms with van der Waals surface area (Å²) < 4.78 is 32.6. The van der Waals surface area contributed by atoms with Crippen molar-refractivity contribution in [2.45, 2.75) is 25.6 Å². The van der Waals surface area contributed by atoms with Crippen LogP contribution in [-0.4, -0.2) is 39.6 Å². The van der Waals surface area contributed by atoms with Crippen molar-refractivity contribution in [1.82, 2.24) is 0 Å². The molecule has 0 aliphatic carbocycles. The normalized spacial score (nSPS) is 25.5. The summed E-state index contributed by atoms with van der Waals surface area (Å²) in [5.41, 5.74) is -0.375. The minimum atomic E-state index is -3.02. The molecule has 0 spiro atoms. The van der Waals surface area contributed by atoms with E-state index in [1.54, 1.807) is 13.2 Å².